The first-order valence-corrected chi connectivity index (χ1v) is 7.23. The normalized spacial score (nSPS) is 11.6. The maximum atomic E-state index is 12.5. The van der Waals surface area contributed by atoms with E-state index in [4.69, 9.17) is 28.3 Å². The average Bonchev–Trinajstić information content (AvgIpc) is 2.45. The van der Waals surface area contributed by atoms with Gasteiger partial charge in [-0.15, -0.1) is 0 Å². The third-order valence-corrected chi connectivity index (χ3v) is 3.81. The fraction of sp³-hybridized carbons (Fsp3) is 0.357. The lowest BCUT2D eigenvalue weighted by Crippen LogP contribution is -2.46. The van der Waals surface area contributed by atoms with Crippen LogP contribution in [-0.2, 0) is 9.59 Å². The summed E-state index contributed by atoms with van der Waals surface area (Å²) in [5, 5.41) is 11.9. The van der Waals surface area contributed by atoms with E-state index < -0.39 is 17.9 Å². The zero-order valence-electron chi connectivity index (χ0n) is 12.1. The van der Waals surface area contributed by atoms with Crippen LogP contribution in [0.1, 0.15) is 24.2 Å². The number of rotatable bonds is 6. The minimum atomic E-state index is -1.16. The number of carbonyl (C=O) groups is 3. The number of amides is 2. The first-order chi connectivity index (χ1) is 10.3. The van der Waals surface area contributed by atoms with Crippen LogP contribution in [0.5, 0.6) is 0 Å². The van der Waals surface area contributed by atoms with Gasteiger partial charge in [-0.3, -0.25) is 9.59 Å². The van der Waals surface area contributed by atoms with Crippen molar-refractivity contribution in [2.45, 2.75) is 19.9 Å². The fourth-order valence-corrected chi connectivity index (χ4v) is 2.16. The van der Waals surface area contributed by atoms with Gasteiger partial charge in [0.15, 0.2) is 0 Å². The molecule has 0 fully saturated rings. The van der Waals surface area contributed by atoms with Crippen LogP contribution in [0.25, 0.3) is 0 Å². The molecule has 2 N–H and O–H groups in total. The monoisotopic (exact) mass is 346 g/mol. The van der Waals surface area contributed by atoms with Crippen LogP contribution in [0.2, 0.25) is 10.0 Å². The molecule has 0 aliphatic rings. The molecule has 120 valence electrons. The summed E-state index contributed by atoms with van der Waals surface area (Å²) in [6, 6.07) is 3.48. The second kappa shape index (κ2) is 8.00. The predicted octanol–water partition coefficient (Wildman–Crippen LogP) is 2.04. The summed E-state index contributed by atoms with van der Waals surface area (Å²) in [5.74, 6) is -1.99. The largest absolute Gasteiger partial charge is 0.480 e. The Hall–Kier alpha value is -1.79. The van der Waals surface area contributed by atoms with Crippen LogP contribution in [0.4, 0.5) is 0 Å². The molecule has 1 unspecified atom stereocenters. The Labute approximate surface area is 138 Å². The number of aliphatic carboxylic acids is 1. The molecule has 0 saturated heterocycles. The van der Waals surface area contributed by atoms with Gasteiger partial charge in [0.25, 0.3) is 5.91 Å². The molecule has 2 amide bonds. The fourth-order valence-electron chi connectivity index (χ4n) is 1.78. The molecular formula is C14H16Cl2N2O4. The molecule has 0 aromatic heterocycles. The van der Waals surface area contributed by atoms with Crippen LogP contribution in [0.3, 0.4) is 0 Å². The van der Waals surface area contributed by atoms with E-state index in [1.165, 1.54) is 26.0 Å². The summed E-state index contributed by atoms with van der Waals surface area (Å²) in [6.07, 6.45) is 0. The first-order valence-electron chi connectivity index (χ1n) is 6.48. The summed E-state index contributed by atoms with van der Waals surface area (Å²) in [7, 11) is 0. The molecule has 1 aromatic rings. The standard InChI is InChI=1S/C14H16Cl2N2O4/c1-8(14(21)22)18(7-6-17-9(2)19)13(20)10-4-3-5-11(15)12(10)16/h3-5,8H,6-7H2,1-2H3,(H,17,19)(H,21,22). The topological polar surface area (TPSA) is 86.7 Å². The van der Waals surface area contributed by atoms with E-state index in [1.54, 1.807) is 6.07 Å². The molecule has 0 bridgehead atoms. The maximum absolute atomic E-state index is 12.5. The third-order valence-electron chi connectivity index (χ3n) is 2.99. The molecule has 22 heavy (non-hydrogen) atoms. The molecule has 0 heterocycles. The summed E-state index contributed by atoms with van der Waals surface area (Å²) >= 11 is 11.9. The molecule has 0 aliphatic heterocycles. The Morgan fingerprint density at radius 3 is 2.50 bits per heavy atom. The van der Waals surface area contributed by atoms with Crippen LogP contribution in [0, 0.1) is 0 Å². The van der Waals surface area contributed by atoms with Crippen molar-refractivity contribution < 1.29 is 19.5 Å². The number of carboxylic acids is 1. The van der Waals surface area contributed by atoms with E-state index in [0.717, 1.165) is 4.90 Å². The summed E-state index contributed by atoms with van der Waals surface area (Å²) in [6.45, 7) is 2.89. The SMILES string of the molecule is CC(=O)NCCN(C(=O)c1cccc(Cl)c1Cl)C(C)C(=O)O. The van der Waals surface area contributed by atoms with E-state index in [9.17, 15) is 14.4 Å². The van der Waals surface area contributed by atoms with Crippen molar-refractivity contribution in [3.8, 4) is 0 Å². The smallest absolute Gasteiger partial charge is 0.326 e. The van der Waals surface area contributed by atoms with E-state index in [1.807, 2.05) is 0 Å². The Bertz CT molecular complexity index is 592. The van der Waals surface area contributed by atoms with Gasteiger partial charge in [0, 0.05) is 20.0 Å². The number of benzene rings is 1. The molecule has 1 rings (SSSR count). The molecule has 1 atom stereocenters. The number of nitrogens with one attached hydrogen (secondary N) is 1. The highest BCUT2D eigenvalue weighted by Gasteiger charge is 2.27. The zero-order chi connectivity index (χ0) is 16.9. The predicted molar refractivity (Wildman–Crippen MR) is 83.3 cm³/mol. The molecular weight excluding hydrogens is 331 g/mol. The van der Waals surface area contributed by atoms with E-state index in [2.05, 4.69) is 5.32 Å². The van der Waals surface area contributed by atoms with Gasteiger partial charge in [0.1, 0.15) is 6.04 Å². The van der Waals surface area contributed by atoms with Gasteiger partial charge < -0.3 is 15.3 Å². The Balaban J connectivity index is 3.03. The van der Waals surface area contributed by atoms with Gasteiger partial charge in [-0.1, -0.05) is 29.3 Å². The lowest BCUT2D eigenvalue weighted by atomic mass is 10.1. The van der Waals surface area contributed by atoms with Crippen molar-refractivity contribution >= 4 is 41.0 Å². The van der Waals surface area contributed by atoms with Gasteiger partial charge in [0.05, 0.1) is 15.6 Å². The van der Waals surface area contributed by atoms with Crippen molar-refractivity contribution in [1.29, 1.82) is 0 Å². The van der Waals surface area contributed by atoms with E-state index in [0.29, 0.717) is 0 Å². The van der Waals surface area contributed by atoms with Crippen LogP contribution < -0.4 is 5.32 Å². The van der Waals surface area contributed by atoms with Crippen molar-refractivity contribution in [2.24, 2.45) is 0 Å². The second-order valence-corrected chi connectivity index (χ2v) is 5.38. The Kier molecular flexibility index (Phi) is 6.64. The number of carbonyl (C=O) groups excluding carboxylic acids is 2. The second-order valence-electron chi connectivity index (χ2n) is 4.60. The summed E-state index contributed by atoms with van der Waals surface area (Å²) in [4.78, 5) is 35.8. The molecule has 6 nitrogen and oxygen atoms in total. The molecule has 0 spiro atoms. The highest BCUT2D eigenvalue weighted by atomic mass is 35.5. The Morgan fingerprint density at radius 1 is 1.32 bits per heavy atom. The molecule has 0 aliphatic carbocycles. The summed E-state index contributed by atoms with van der Waals surface area (Å²) in [5.41, 5.74) is 0.116. The lowest BCUT2D eigenvalue weighted by Gasteiger charge is -2.27. The molecule has 8 heteroatoms. The van der Waals surface area contributed by atoms with Crippen molar-refractivity contribution in [1.82, 2.24) is 10.2 Å². The number of hydrogen-bond donors (Lipinski definition) is 2. The van der Waals surface area contributed by atoms with Crippen molar-refractivity contribution in [3.63, 3.8) is 0 Å². The lowest BCUT2D eigenvalue weighted by molar-refractivity contribution is -0.141. The van der Waals surface area contributed by atoms with Crippen molar-refractivity contribution in [3.05, 3.63) is 33.8 Å². The Morgan fingerprint density at radius 2 is 1.95 bits per heavy atom. The van der Waals surface area contributed by atoms with Gasteiger partial charge in [-0.2, -0.15) is 0 Å². The highest BCUT2D eigenvalue weighted by Crippen LogP contribution is 2.27. The first kappa shape index (κ1) is 18.3. The average molecular weight is 347 g/mol. The number of carboxylic acid groups (broad SMARTS) is 1. The van der Waals surface area contributed by atoms with Crippen LogP contribution in [0.15, 0.2) is 18.2 Å². The van der Waals surface area contributed by atoms with Crippen LogP contribution in [-0.4, -0.2) is 46.9 Å². The van der Waals surface area contributed by atoms with E-state index in [-0.39, 0.29) is 34.6 Å². The number of halogens is 2. The van der Waals surface area contributed by atoms with E-state index >= 15 is 0 Å². The van der Waals surface area contributed by atoms with Gasteiger partial charge in [0.2, 0.25) is 5.91 Å². The minimum Gasteiger partial charge on any atom is -0.480 e. The number of hydrogen-bond acceptors (Lipinski definition) is 3. The van der Waals surface area contributed by atoms with Crippen molar-refractivity contribution in [2.75, 3.05) is 13.1 Å². The quantitative estimate of drug-likeness (QED) is 0.825. The van der Waals surface area contributed by atoms with Gasteiger partial charge in [-0.25, -0.2) is 4.79 Å². The molecule has 1 aromatic carbocycles. The zero-order valence-corrected chi connectivity index (χ0v) is 13.6. The number of nitrogens with zero attached hydrogens (tertiary/aromatic N) is 1. The third kappa shape index (κ3) is 4.61. The maximum Gasteiger partial charge on any atom is 0.326 e. The summed E-state index contributed by atoms with van der Waals surface area (Å²) < 4.78 is 0. The highest BCUT2D eigenvalue weighted by molar-refractivity contribution is 6.43. The van der Waals surface area contributed by atoms with Gasteiger partial charge in [-0.05, 0) is 19.1 Å². The molecule has 0 radical (unpaired) electrons. The minimum absolute atomic E-state index is 0.0364. The molecule has 0 saturated carbocycles. The van der Waals surface area contributed by atoms with Crippen LogP contribution >= 0.6 is 23.2 Å². The van der Waals surface area contributed by atoms with Gasteiger partial charge >= 0.3 is 5.97 Å².